The third-order valence-electron chi connectivity index (χ3n) is 4.68. The van der Waals surface area contributed by atoms with Crippen LogP contribution in [0.1, 0.15) is 45.4 Å². The summed E-state index contributed by atoms with van der Waals surface area (Å²) in [7, 11) is -10.7. The molecule has 2 aromatic heterocycles. The number of phosphoric acid groups is 2. The average molecular weight is 546 g/mol. The maximum atomic E-state index is 11.6. The summed E-state index contributed by atoms with van der Waals surface area (Å²) in [6.45, 7) is 1.43. The molecule has 1 saturated heterocycles. The predicted octanol–water partition coefficient (Wildman–Crippen LogP) is 2.45. The van der Waals surface area contributed by atoms with Crippen molar-refractivity contribution < 1.29 is 46.6 Å². The van der Waals surface area contributed by atoms with Crippen LogP contribution in [0.5, 0.6) is 0 Å². The standard InChI is InChI=1S/C15H25N4O10P3S/c1-15(2,3)10-6-19(14-12(10)13(16)17-8-18-14)11-5-4-9(27-11)7-26-32(25,33)29-31(23,24)28-30(20,21)22/h6,8-9,11H,4-5,7H2,1-3H3,(H,23,24)(H,25,33)(H2,16,17,18)(H2,20,21,22)/t9-,11+,32?/m0/s1. The number of nitrogen functional groups attached to an aromatic ring is 1. The topological polar surface area (TPSA) is 209 Å². The van der Waals surface area contributed by atoms with Crippen LogP contribution in [-0.2, 0) is 44.2 Å². The van der Waals surface area contributed by atoms with Crippen molar-refractivity contribution in [2.24, 2.45) is 0 Å². The first kappa shape index (κ1) is 26.8. The normalized spacial score (nSPS) is 23.5. The summed E-state index contributed by atoms with van der Waals surface area (Å²) in [5.74, 6) is 0.352. The minimum atomic E-state index is -5.37. The molecule has 3 heterocycles. The molecule has 2 unspecified atom stereocenters. The minimum absolute atomic E-state index is 0.239. The van der Waals surface area contributed by atoms with E-state index in [0.29, 0.717) is 24.3 Å². The largest absolute Gasteiger partial charge is 0.488 e. The Kier molecular flexibility index (Phi) is 7.59. The quantitative estimate of drug-likeness (QED) is 0.301. The van der Waals surface area contributed by atoms with E-state index in [1.165, 1.54) is 6.33 Å². The Bertz CT molecular complexity index is 1180. The van der Waals surface area contributed by atoms with E-state index in [1.54, 1.807) is 0 Å². The van der Waals surface area contributed by atoms with Crippen LogP contribution in [0.3, 0.4) is 0 Å². The van der Waals surface area contributed by atoms with E-state index in [9.17, 15) is 18.9 Å². The van der Waals surface area contributed by atoms with E-state index in [2.05, 4.69) is 30.4 Å². The van der Waals surface area contributed by atoms with Gasteiger partial charge >= 0.3 is 22.4 Å². The zero-order valence-electron chi connectivity index (χ0n) is 17.8. The zero-order valence-corrected chi connectivity index (χ0v) is 21.3. The smallest absolute Gasteiger partial charge is 0.383 e. The van der Waals surface area contributed by atoms with Crippen LogP contribution in [0.15, 0.2) is 12.5 Å². The molecule has 0 saturated carbocycles. The first-order valence-corrected chi connectivity index (χ1v) is 15.1. The second-order valence-corrected chi connectivity index (χ2v) is 14.1. The van der Waals surface area contributed by atoms with Gasteiger partial charge in [-0.15, -0.1) is 0 Å². The van der Waals surface area contributed by atoms with Gasteiger partial charge in [-0.25, -0.2) is 23.4 Å². The summed E-state index contributed by atoms with van der Waals surface area (Å²) in [5.41, 5.74) is 7.41. The van der Waals surface area contributed by atoms with Gasteiger partial charge in [0.05, 0.1) is 18.1 Å². The first-order valence-electron chi connectivity index (χ1n) is 9.53. The molecule has 0 bridgehead atoms. The van der Waals surface area contributed by atoms with Crippen molar-refractivity contribution in [1.82, 2.24) is 14.5 Å². The Labute approximate surface area is 194 Å². The van der Waals surface area contributed by atoms with Gasteiger partial charge in [0.2, 0.25) is 0 Å². The lowest BCUT2D eigenvalue weighted by Crippen LogP contribution is -2.16. The molecule has 6 N–H and O–H groups in total. The van der Waals surface area contributed by atoms with Crippen LogP contribution in [0.2, 0.25) is 0 Å². The molecule has 0 aliphatic carbocycles. The molecule has 0 radical (unpaired) electrons. The molecular weight excluding hydrogens is 521 g/mol. The summed E-state index contributed by atoms with van der Waals surface area (Å²) in [5, 5.41) is 0.733. The van der Waals surface area contributed by atoms with Crippen molar-refractivity contribution in [3.05, 3.63) is 18.1 Å². The van der Waals surface area contributed by atoms with Crippen LogP contribution in [-0.4, -0.2) is 46.8 Å². The van der Waals surface area contributed by atoms with Gasteiger partial charge in [-0.3, -0.25) is 0 Å². The monoisotopic (exact) mass is 546 g/mol. The van der Waals surface area contributed by atoms with Gasteiger partial charge in [0.15, 0.2) is 0 Å². The molecule has 186 valence electrons. The fourth-order valence-corrected chi connectivity index (χ4v) is 7.38. The molecule has 2 aromatic rings. The fraction of sp³-hybridized carbons (Fsp3) is 0.600. The number of nitrogens with zero attached hydrogens (tertiary/aromatic N) is 3. The molecule has 1 aliphatic rings. The predicted molar refractivity (Wildman–Crippen MR) is 120 cm³/mol. The third-order valence-corrected chi connectivity index (χ3v) is 9.40. The molecule has 0 aromatic carbocycles. The highest BCUT2D eigenvalue weighted by atomic mass is 32.5. The number of fused-ring (bicyclic) bond motifs is 1. The lowest BCUT2D eigenvalue weighted by molar-refractivity contribution is -0.0177. The summed E-state index contributed by atoms with van der Waals surface area (Å²) < 4.78 is 43.0. The Balaban J connectivity index is 1.70. The number of aromatic nitrogens is 3. The van der Waals surface area contributed by atoms with Crippen molar-refractivity contribution in [3.63, 3.8) is 0 Å². The second kappa shape index (κ2) is 9.34. The van der Waals surface area contributed by atoms with Crippen molar-refractivity contribution >= 4 is 51.0 Å². The molecular formula is C15H25N4O10P3S. The van der Waals surface area contributed by atoms with E-state index in [1.807, 2.05) is 31.5 Å². The van der Waals surface area contributed by atoms with Gasteiger partial charge in [-0.1, -0.05) is 20.8 Å². The minimum Gasteiger partial charge on any atom is -0.383 e. The van der Waals surface area contributed by atoms with E-state index in [-0.39, 0.29) is 12.0 Å². The number of anilines is 1. The highest BCUT2D eigenvalue weighted by Crippen LogP contribution is 2.66. The van der Waals surface area contributed by atoms with Crippen molar-refractivity contribution in [2.45, 2.75) is 51.4 Å². The SMILES string of the molecule is CC(C)(C)c1cn([C@H]2CC[C@@H](COP(O)(=S)OP(=O)(O)OP(=O)(O)O)O2)c2ncnc(N)c12. The summed E-state index contributed by atoms with van der Waals surface area (Å²) >= 11 is 4.63. The first-order chi connectivity index (χ1) is 15.0. The Morgan fingerprint density at radius 1 is 1.21 bits per heavy atom. The highest BCUT2D eigenvalue weighted by molar-refractivity contribution is 8.08. The molecule has 18 heteroatoms. The zero-order chi connectivity index (χ0) is 24.8. The molecule has 0 spiro atoms. The van der Waals surface area contributed by atoms with E-state index < -0.39 is 34.7 Å². The van der Waals surface area contributed by atoms with E-state index in [4.69, 9.17) is 24.8 Å². The second-order valence-electron chi connectivity index (χ2n) is 8.33. The van der Waals surface area contributed by atoms with Gasteiger partial charge in [-0.2, -0.15) is 4.31 Å². The van der Waals surface area contributed by atoms with Crippen LogP contribution >= 0.6 is 22.4 Å². The van der Waals surface area contributed by atoms with E-state index in [0.717, 1.165) is 10.9 Å². The highest BCUT2D eigenvalue weighted by Gasteiger charge is 2.39. The summed E-state index contributed by atoms with van der Waals surface area (Å²) in [4.78, 5) is 45.0. The van der Waals surface area contributed by atoms with Crippen LogP contribution in [0, 0.1) is 0 Å². The number of hydrogen-bond donors (Lipinski definition) is 5. The van der Waals surface area contributed by atoms with Crippen molar-refractivity contribution in [1.29, 1.82) is 0 Å². The van der Waals surface area contributed by atoms with E-state index >= 15 is 0 Å². The maximum Gasteiger partial charge on any atom is 0.488 e. The lowest BCUT2D eigenvalue weighted by Gasteiger charge is -2.21. The van der Waals surface area contributed by atoms with Crippen LogP contribution in [0.25, 0.3) is 11.0 Å². The number of nitrogens with two attached hydrogens (primary N) is 1. The summed E-state index contributed by atoms with van der Waals surface area (Å²) in [6, 6.07) is 0. The molecule has 1 fully saturated rings. The number of hydrogen-bond acceptors (Lipinski definition) is 10. The van der Waals surface area contributed by atoms with Crippen LogP contribution < -0.4 is 5.73 Å². The molecule has 14 nitrogen and oxygen atoms in total. The fourth-order valence-electron chi connectivity index (χ4n) is 3.39. The van der Waals surface area contributed by atoms with Gasteiger partial charge in [0.1, 0.15) is 24.0 Å². The number of rotatable bonds is 8. The summed E-state index contributed by atoms with van der Waals surface area (Å²) in [6.07, 6.45) is 3.31. The van der Waals surface area contributed by atoms with Crippen LogP contribution in [0.4, 0.5) is 5.82 Å². The van der Waals surface area contributed by atoms with Gasteiger partial charge in [0, 0.05) is 6.20 Å². The van der Waals surface area contributed by atoms with Gasteiger partial charge in [-0.05, 0) is 35.6 Å². The maximum absolute atomic E-state index is 11.6. The van der Waals surface area contributed by atoms with Gasteiger partial charge < -0.3 is 39.1 Å². The Morgan fingerprint density at radius 2 is 1.88 bits per heavy atom. The van der Waals surface area contributed by atoms with Crippen molar-refractivity contribution in [2.75, 3.05) is 12.3 Å². The van der Waals surface area contributed by atoms with Crippen molar-refractivity contribution in [3.8, 4) is 0 Å². The molecule has 0 amide bonds. The Morgan fingerprint density at radius 3 is 2.48 bits per heavy atom. The molecule has 33 heavy (non-hydrogen) atoms. The third kappa shape index (κ3) is 6.88. The Hall–Kier alpha value is -0.790. The lowest BCUT2D eigenvalue weighted by atomic mass is 9.87. The average Bonchev–Trinajstić information content (AvgIpc) is 3.21. The van der Waals surface area contributed by atoms with Gasteiger partial charge in [0.25, 0.3) is 0 Å². The molecule has 4 atom stereocenters. The number of ether oxygens (including phenoxy) is 1. The molecule has 1 aliphatic heterocycles. The molecule has 3 rings (SSSR count).